The van der Waals surface area contributed by atoms with Crippen LogP contribution in [0.1, 0.15) is 6.92 Å². The van der Waals surface area contributed by atoms with Gasteiger partial charge in [0.1, 0.15) is 0 Å². The summed E-state index contributed by atoms with van der Waals surface area (Å²) in [6.07, 6.45) is 0. The highest BCUT2D eigenvalue weighted by Crippen LogP contribution is 2.33. The van der Waals surface area contributed by atoms with Crippen molar-refractivity contribution in [3.8, 4) is 17.4 Å². The summed E-state index contributed by atoms with van der Waals surface area (Å²) in [6.45, 7) is 1.39. The van der Waals surface area contributed by atoms with E-state index in [9.17, 15) is 9.90 Å². The molecule has 19 heavy (non-hydrogen) atoms. The molecule has 0 atom stereocenters. The van der Waals surface area contributed by atoms with Crippen LogP contribution < -0.4 is 10.1 Å². The topological polar surface area (TPSA) is 84.3 Å². The van der Waals surface area contributed by atoms with Gasteiger partial charge in [0.2, 0.25) is 5.91 Å². The average molecular weight is 280 g/mol. The van der Waals surface area contributed by atoms with Crippen LogP contribution in [-0.4, -0.2) is 21.2 Å². The molecule has 1 heterocycles. The maximum Gasteiger partial charge on any atom is 0.281 e. The molecule has 0 bridgehead atoms. The number of aromatic hydroxyl groups is 1. The van der Waals surface area contributed by atoms with Crippen molar-refractivity contribution < 1.29 is 14.6 Å². The number of anilines is 1. The molecule has 1 amide bonds. The second-order valence-corrected chi connectivity index (χ2v) is 4.02. The van der Waals surface area contributed by atoms with Crippen molar-refractivity contribution in [2.75, 3.05) is 5.32 Å². The van der Waals surface area contributed by atoms with Gasteiger partial charge in [0, 0.05) is 13.0 Å². The van der Waals surface area contributed by atoms with Crippen LogP contribution in [0, 0.1) is 0 Å². The average Bonchev–Trinajstić information content (AvgIpc) is 2.34. The Kier molecular flexibility index (Phi) is 3.82. The van der Waals surface area contributed by atoms with Crippen molar-refractivity contribution in [3.63, 3.8) is 0 Å². The lowest BCUT2D eigenvalue weighted by Crippen LogP contribution is -2.07. The molecule has 0 radical (unpaired) electrons. The summed E-state index contributed by atoms with van der Waals surface area (Å²) in [5, 5.41) is 19.5. The van der Waals surface area contributed by atoms with E-state index in [0.29, 0.717) is 11.4 Å². The first-order chi connectivity index (χ1) is 9.06. The minimum atomic E-state index is -0.238. The van der Waals surface area contributed by atoms with E-state index in [1.54, 1.807) is 24.3 Å². The molecule has 0 aliphatic heterocycles. The third-order valence-electron chi connectivity index (χ3n) is 2.12. The van der Waals surface area contributed by atoms with Gasteiger partial charge in [-0.25, -0.2) is 0 Å². The third-order valence-corrected chi connectivity index (χ3v) is 2.30. The molecule has 2 aromatic rings. The van der Waals surface area contributed by atoms with Gasteiger partial charge in [-0.2, -0.15) is 0 Å². The summed E-state index contributed by atoms with van der Waals surface area (Å²) >= 11 is 5.57. The maximum atomic E-state index is 11.1. The number of hydrogen-bond donors (Lipinski definition) is 2. The predicted molar refractivity (Wildman–Crippen MR) is 69.5 cm³/mol. The summed E-state index contributed by atoms with van der Waals surface area (Å²) in [4.78, 5) is 11.1. The van der Waals surface area contributed by atoms with Gasteiger partial charge in [0.05, 0.1) is 5.69 Å². The largest absolute Gasteiger partial charge is 0.503 e. The molecule has 1 aromatic heterocycles. The fourth-order valence-electron chi connectivity index (χ4n) is 1.37. The molecular weight excluding hydrogens is 270 g/mol. The quantitative estimate of drug-likeness (QED) is 0.902. The fraction of sp³-hybridized carbons (Fsp3) is 0.0833. The lowest BCUT2D eigenvalue weighted by atomic mass is 10.3. The van der Waals surface area contributed by atoms with E-state index in [-0.39, 0.29) is 22.7 Å². The number of hydrogen-bond acceptors (Lipinski definition) is 5. The molecule has 0 fully saturated rings. The summed E-state index contributed by atoms with van der Waals surface area (Å²) in [5.74, 6) is -0.230. The lowest BCUT2D eigenvalue weighted by molar-refractivity contribution is -0.114. The summed E-state index contributed by atoms with van der Waals surface area (Å²) in [7, 11) is 0. The lowest BCUT2D eigenvalue weighted by Gasteiger charge is -2.10. The van der Waals surface area contributed by atoms with Crippen LogP contribution in [0.3, 0.4) is 0 Å². The second kappa shape index (κ2) is 5.53. The Morgan fingerprint density at radius 3 is 2.79 bits per heavy atom. The van der Waals surface area contributed by atoms with Crippen LogP contribution in [-0.2, 0) is 4.79 Å². The van der Waals surface area contributed by atoms with Crippen LogP contribution in [0.4, 0.5) is 5.69 Å². The number of para-hydroxylation sites is 2. The predicted octanol–water partition coefficient (Wildman–Crippen LogP) is 2.59. The van der Waals surface area contributed by atoms with Crippen molar-refractivity contribution in [1.29, 1.82) is 0 Å². The third kappa shape index (κ3) is 3.32. The standard InChI is InChI=1S/C12H10ClN3O3/c1-7(17)14-8-4-2-3-5-10(8)19-12-9(18)6-11(13)15-16-12/h2-6H,1H3,(H,14,17)(H,15,18). The van der Waals surface area contributed by atoms with Crippen molar-refractivity contribution in [3.05, 3.63) is 35.5 Å². The van der Waals surface area contributed by atoms with Gasteiger partial charge in [-0.1, -0.05) is 23.7 Å². The van der Waals surface area contributed by atoms with Gasteiger partial charge in [-0.15, -0.1) is 10.2 Å². The molecule has 0 aliphatic carbocycles. The summed E-state index contributed by atoms with van der Waals surface area (Å²) < 4.78 is 5.40. The Morgan fingerprint density at radius 1 is 1.37 bits per heavy atom. The Balaban J connectivity index is 2.30. The van der Waals surface area contributed by atoms with Crippen molar-refractivity contribution in [2.24, 2.45) is 0 Å². The van der Waals surface area contributed by atoms with E-state index in [1.165, 1.54) is 13.0 Å². The van der Waals surface area contributed by atoms with Gasteiger partial charge in [-0.3, -0.25) is 4.79 Å². The second-order valence-electron chi connectivity index (χ2n) is 3.64. The van der Waals surface area contributed by atoms with Gasteiger partial charge in [-0.05, 0) is 12.1 Å². The number of ether oxygens (including phenoxy) is 1. The zero-order chi connectivity index (χ0) is 13.8. The smallest absolute Gasteiger partial charge is 0.281 e. The number of carbonyl (C=O) groups excluding carboxylic acids is 1. The van der Waals surface area contributed by atoms with E-state index >= 15 is 0 Å². The van der Waals surface area contributed by atoms with E-state index in [0.717, 1.165) is 0 Å². The van der Waals surface area contributed by atoms with Gasteiger partial charge in [0.25, 0.3) is 5.88 Å². The molecule has 6 nitrogen and oxygen atoms in total. The summed E-state index contributed by atoms with van der Waals surface area (Å²) in [5.41, 5.74) is 0.464. The highest BCUT2D eigenvalue weighted by Gasteiger charge is 2.11. The number of amides is 1. The molecule has 0 unspecified atom stereocenters. The molecule has 0 aliphatic rings. The molecule has 0 saturated carbocycles. The van der Waals surface area contributed by atoms with Crippen LogP contribution >= 0.6 is 11.6 Å². The number of rotatable bonds is 3. The van der Waals surface area contributed by atoms with Crippen LogP contribution in [0.15, 0.2) is 30.3 Å². The van der Waals surface area contributed by atoms with Crippen molar-refractivity contribution >= 4 is 23.2 Å². The number of nitrogens with zero attached hydrogens (tertiary/aromatic N) is 2. The minimum Gasteiger partial charge on any atom is -0.503 e. The number of nitrogens with one attached hydrogen (secondary N) is 1. The molecule has 2 N–H and O–H groups in total. The van der Waals surface area contributed by atoms with Crippen LogP contribution in [0.2, 0.25) is 5.15 Å². The highest BCUT2D eigenvalue weighted by molar-refractivity contribution is 6.29. The molecule has 2 rings (SSSR count). The van der Waals surface area contributed by atoms with E-state index in [1.807, 2.05) is 0 Å². The number of benzene rings is 1. The molecule has 1 aromatic carbocycles. The maximum absolute atomic E-state index is 11.1. The minimum absolute atomic E-state index is 0.0556. The first-order valence-corrected chi connectivity index (χ1v) is 5.70. The molecule has 0 saturated heterocycles. The van der Waals surface area contributed by atoms with Gasteiger partial charge in [0.15, 0.2) is 16.7 Å². The Hall–Kier alpha value is -2.34. The molecular formula is C12H10ClN3O3. The SMILES string of the molecule is CC(=O)Nc1ccccc1Oc1nnc(Cl)cc1O. The van der Waals surface area contributed by atoms with E-state index in [2.05, 4.69) is 15.5 Å². The Bertz CT molecular complexity index is 619. The van der Waals surface area contributed by atoms with E-state index in [4.69, 9.17) is 16.3 Å². The number of halogens is 1. The van der Waals surface area contributed by atoms with Crippen LogP contribution in [0.5, 0.6) is 17.4 Å². The van der Waals surface area contributed by atoms with Crippen molar-refractivity contribution in [1.82, 2.24) is 10.2 Å². The van der Waals surface area contributed by atoms with Crippen LogP contribution in [0.25, 0.3) is 0 Å². The van der Waals surface area contributed by atoms with E-state index < -0.39 is 0 Å². The molecule has 98 valence electrons. The van der Waals surface area contributed by atoms with Crippen molar-refractivity contribution in [2.45, 2.75) is 6.92 Å². The molecule has 0 spiro atoms. The first-order valence-electron chi connectivity index (χ1n) is 5.33. The normalized spacial score (nSPS) is 10.0. The highest BCUT2D eigenvalue weighted by atomic mass is 35.5. The zero-order valence-electron chi connectivity index (χ0n) is 9.92. The first kappa shape index (κ1) is 13.1. The fourth-order valence-corrected chi connectivity index (χ4v) is 1.51. The Labute approximate surface area is 114 Å². The summed E-state index contributed by atoms with van der Waals surface area (Å²) in [6, 6.07) is 7.97. The zero-order valence-corrected chi connectivity index (χ0v) is 10.7. The Morgan fingerprint density at radius 2 is 2.11 bits per heavy atom. The number of carbonyl (C=O) groups is 1. The number of aromatic nitrogens is 2. The van der Waals surface area contributed by atoms with Gasteiger partial charge < -0.3 is 15.2 Å². The van der Waals surface area contributed by atoms with Gasteiger partial charge >= 0.3 is 0 Å². The monoisotopic (exact) mass is 279 g/mol. The molecule has 7 heteroatoms.